The van der Waals surface area contributed by atoms with Gasteiger partial charge in [0, 0.05) is 31.5 Å². The van der Waals surface area contributed by atoms with E-state index in [9.17, 15) is 13.6 Å². The molecule has 1 aromatic carbocycles. The molecule has 1 aliphatic rings. The van der Waals surface area contributed by atoms with Gasteiger partial charge in [0.2, 0.25) is 0 Å². The molecule has 6 nitrogen and oxygen atoms in total. The molecule has 0 saturated carbocycles. The first kappa shape index (κ1) is 17.3. The average Bonchev–Trinajstić information content (AvgIpc) is 3.03. The number of hydrogen-bond donors (Lipinski definition) is 1. The number of carboxylic acid groups (broad SMARTS) is 1. The van der Waals surface area contributed by atoms with Crippen molar-refractivity contribution < 1.29 is 28.2 Å². The topological polar surface area (TPSA) is 73.6 Å². The van der Waals surface area contributed by atoms with E-state index in [-0.39, 0.29) is 11.3 Å². The Bertz CT molecular complexity index is 742. The zero-order chi connectivity index (χ0) is 17.8. The molecule has 1 aromatic heterocycles. The molecule has 0 spiro atoms. The Morgan fingerprint density at radius 2 is 2.12 bits per heavy atom. The van der Waals surface area contributed by atoms with E-state index in [1.807, 2.05) is 10.9 Å². The summed E-state index contributed by atoms with van der Waals surface area (Å²) in [4.78, 5) is 11.1. The Morgan fingerprint density at radius 3 is 2.80 bits per heavy atom. The highest BCUT2D eigenvalue weighted by Gasteiger charge is 2.18. The highest BCUT2D eigenvalue weighted by atomic mass is 19.3. The van der Waals surface area contributed by atoms with E-state index in [1.54, 1.807) is 12.3 Å². The lowest BCUT2D eigenvalue weighted by molar-refractivity contribution is -0.0502. The van der Waals surface area contributed by atoms with Crippen LogP contribution in [0.2, 0.25) is 0 Å². The van der Waals surface area contributed by atoms with Gasteiger partial charge in [0.1, 0.15) is 11.3 Å². The maximum atomic E-state index is 12.5. The standard InChI is InChI=1S/C17H18F2N2O4/c18-17(19)25-15-7-12(1-2-14(15)16(22)23)13-8-20-21(10-13)9-11-3-5-24-6-4-11/h1-2,7-8,10-11,17H,3-6,9H2,(H,22,23). The number of halogens is 2. The number of hydrogen-bond acceptors (Lipinski definition) is 4. The maximum absolute atomic E-state index is 12.5. The van der Waals surface area contributed by atoms with Crippen LogP contribution in [0.3, 0.4) is 0 Å². The van der Waals surface area contributed by atoms with Crippen LogP contribution in [-0.2, 0) is 11.3 Å². The summed E-state index contributed by atoms with van der Waals surface area (Å²) in [5, 5.41) is 13.4. The van der Waals surface area contributed by atoms with Gasteiger partial charge in [0.25, 0.3) is 0 Å². The van der Waals surface area contributed by atoms with Crippen molar-refractivity contribution in [1.29, 1.82) is 0 Å². The molecule has 0 radical (unpaired) electrons. The zero-order valence-corrected chi connectivity index (χ0v) is 13.4. The molecule has 1 N–H and O–H groups in total. The van der Waals surface area contributed by atoms with Crippen molar-refractivity contribution >= 4 is 5.97 Å². The van der Waals surface area contributed by atoms with Crippen LogP contribution >= 0.6 is 0 Å². The fourth-order valence-corrected chi connectivity index (χ4v) is 2.88. The Balaban J connectivity index is 1.80. The van der Waals surface area contributed by atoms with Gasteiger partial charge in [-0.1, -0.05) is 6.07 Å². The molecule has 0 unspecified atom stereocenters. The van der Waals surface area contributed by atoms with Crippen LogP contribution in [-0.4, -0.2) is 40.7 Å². The molecule has 0 aliphatic carbocycles. The van der Waals surface area contributed by atoms with E-state index in [0.717, 1.165) is 32.6 Å². The fourth-order valence-electron chi connectivity index (χ4n) is 2.88. The molecule has 1 fully saturated rings. The Hall–Kier alpha value is -2.48. The summed E-state index contributed by atoms with van der Waals surface area (Å²) in [6, 6.07) is 4.11. The molecule has 2 aromatic rings. The summed E-state index contributed by atoms with van der Waals surface area (Å²) < 4.78 is 36.5. The molecular weight excluding hydrogens is 334 g/mol. The van der Waals surface area contributed by atoms with Crippen molar-refractivity contribution in [1.82, 2.24) is 9.78 Å². The van der Waals surface area contributed by atoms with E-state index < -0.39 is 12.6 Å². The number of nitrogens with zero attached hydrogens (tertiary/aromatic N) is 2. The van der Waals surface area contributed by atoms with Gasteiger partial charge in [-0.15, -0.1) is 0 Å². The monoisotopic (exact) mass is 352 g/mol. The van der Waals surface area contributed by atoms with Crippen LogP contribution in [0, 0.1) is 5.92 Å². The second-order valence-corrected chi connectivity index (χ2v) is 5.90. The highest BCUT2D eigenvalue weighted by Crippen LogP contribution is 2.29. The highest BCUT2D eigenvalue weighted by molar-refractivity contribution is 5.92. The van der Waals surface area contributed by atoms with E-state index in [0.29, 0.717) is 17.0 Å². The Labute approximate surface area is 143 Å². The molecule has 25 heavy (non-hydrogen) atoms. The molecular formula is C17H18F2N2O4. The van der Waals surface area contributed by atoms with Gasteiger partial charge in [0.05, 0.1) is 6.20 Å². The van der Waals surface area contributed by atoms with Gasteiger partial charge in [-0.25, -0.2) is 4.79 Å². The third-order valence-corrected chi connectivity index (χ3v) is 4.18. The van der Waals surface area contributed by atoms with Crippen LogP contribution in [0.5, 0.6) is 5.75 Å². The van der Waals surface area contributed by atoms with E-state index in [2.05, 4.69) is 9.84 Å². The van der Waals surface area contributed by atoms with Crippen molar-refractivity contribution in [3.05, 3.63) is 36.2 Å². The number of aromatic nitrogens is 2. The van der Waals surface area contributed by atoms with E-state index in [1.165, 1.54) is 12.1 Å². The first-order valence-electron chi connectivity index (χ1n) is 7.95. The van der Waals surface area contributed by atoms with Crippen molar-refractivity contribution in [2.45, 2.75) is 26.0 Å². The molecule has 1 aliphatic heterocycles. The van der Waals surface area contributed by atoms with Crippen molar-refractivity contribution in [2.24, 2.45) is 5.92 Å². The minimum atomic E-state index is -3.09. The van der Waals surface area contributed by atoms with Crippen LogP contribution in [0.15, 0.2) is 30.6 Å². The lowest BCUT2D eigenvalue weighted by Gasteiger charge is -2.21. The molecule has 0 amide bonds. The second-order valence-electron chi connectivity index (χ2n) is 5.90. The number of aromatic carboxylic acids is 1. The van der Waals surface area contributed by atoms with Crippen molar-refractivity contribution in [3.63, 3.8) is 0 Å². The summed E-state index contributed by atoms with van der Waals surface area (Å²) in [6.07, 6.45) is 5.41. The van der Waals surface area contributed by atoms with Crippen LogP contribution in [0.4, 0.5) is 8.78 Å². The lowest BCUT2D eigenvalue weighted by Crippen LogP contribution is -2.20. The fraction of sp³-hybridized carbons (Fsp3) is 0.412. The zero-order valence-electron chi connectivity index (χ0n) is 13.4. The summed E-state index contributed by atoms with van der Waals surface area (Å²) in [5.74, 6) is -1.19. The second kappa shape index (κ2) is 7.60. The molecule has 8 heteroatoms. The van der Waals surface area contributed by atoms with Crippen molar-refractivity contribution in [2.75, 3.05) is 13.2 Å². The molecule has 3 rings (SSSR count). The van der Waals surface area contributed by atoms with Gasteiger partial charge in [-0.2, -0.15) is 13.9 Å². The summed E-state index contributed by atoms with van der Waals surface area (Å²) in [7, 11) is 0. The number of carbonyl (C=O) groups is 1. The molecule has 0 atom stereocenters. The number of benzene rings is 1. The minimum Gasteiger partial charge on any atom is -0.478 e. The molecule has 2 heterocycles. The lowest BCUT2D eigenvalue weighted by atomic mass is 10.0. The summed E-state index contributed by atoms with van der Waals surface area (Å²) in [6.45, 7) is -0.825. The number of ether oxygens (including phenoxy) is 2. The van der Waals surface area contributed by atoms with Gasteiger partial charge in [0.15, 0.2) is 0 Å². The normalized spacial score (nSPS) is 15.5. The van der Waals surface area contributed by atoms with Gasteiger partial charge in [-0.3, -0.25) is 4.68 Å². The smallest absolute Gasteiger partial charge is 0.387 e. The van der Waals surface area contributed by atoms with Crippen LogP contribution in [0.1, 0.15) is 23.2 Å². The first-order valence-corrected chi connectivity index (χ1v) is 7.95. The quantitative estimate of drug-likeness (QED) is 0.864. The maximum Gasteiger partial charge on any atom is 0.387 e. The Morgan fingerprint density at radius 1 is 1.36 bits per heavy atom. The predicted molar refractivity (Wildman–Crippen MR) is 84.8 cm³/mol. The summed E-state index contributed by atoms with van der Waals surface area (Å²) in [5.41, 5.74) is 0.973. The van der Waals surface area contributed by atoms with E-state index in [4.69, 9.17) is 9.84 Å². The van der Waals surface area contributed by atoms with Gasteiger partial charge < -0.3 is 14.6 Å². The minimum absolute atomic E-state index is 0.307. The van der Waals surface area contributed by atoms with Gasteiger partial charge >= 0.3 is 12.6 Å². The molecule has 134 valence electrons. The van der Waals surface area contributed by atoms with Crippen molar-refractivity contribution in [3.8, 4) is 16.9 Å². The van der Waals surface area contributed by atoms with Crippen LogP contribution in [0.25, 0.3) is 11.1 Å². The third kappa shape index (κ3) is 4.33. The first-order chi connectivity index (χ1) is 12.0. The Kier molecular flexibility index (Phi) is 5.28. The molecule has 0 bridgehead atoms. The van der Waals surface area contributed by atoms with E-state index >= 15 is 0 Å². The molecule has 1 saturated heterocycles. The number of carboxylic acids is 1. The van der Waals surface area contributed by atoms with Gasteiger partial charge in [-0.05, 0) is 36.5 Å². The number of alkyl halides is 2. The SMILES string of the molecule is O=C(O)c1ccc(-c2cnn(CC3CCOCC3)c2)cc1OC(F)F. The average molecular weight is 352 g/mol. The van der Waals surface area contributed by atoms with Crippen LogP contribution < -0.4 is 4.74 Å². The predicted octanol–water partition coefficient (Wildman–Crippen LogP) is 3.28. The number of rotatable bonds is 6. The summed E-state index contributed by atoms with van der Waals surface area (Å²) >= 11 is 0. The third-order valence-electron chi connectivity index (χ3n) is 4.18. The largest absolute Gasteiger partial charge is 0.478 e.